The summed E-state index contributed by atoms with van der Waals surface area (Å²) < 4.78 is 27.4. The summed E-state index contributed by atoms with van der Waals surface area (Å²) in [5, 5.41) is 0. The molecule has 17 heavy (non-hydrogen) atoms. The van der Waals surface area contributed by atoms with Crippen LogP contribution in [0.5, 0.6) is 0 Å². The summed E-state index contributed by atoms with van der Waals surface area (Å²) in [6.45, 7) is 1.71. The Balaban J connectivity index is 2.48. The normalized spacial score (nSPS) is 10.3. The second-order valence-corrected chi connectivity index (χ2v) is 4.00. The van der Waals surface area contributed by atoms with Crippen LogP contribution in [-0.4, -0.2) is 6.71 Å². The third-order valence-corrected chi connectivity index (χ3v) is 2.97. The average molecular weight is 230 g/mol. The van der Waals surface area contributed by atoms with Crippen molar-refractivity contribution < 1.29 is 8.78 Å². The summed E-state index contributed by atoms with van der Waals surface area (Å²) in [7, 11) is 0. The van der Waals surface area contributed by atoms with Crippen molar-refractivity contribution in [2.45, 2.75) is 13.2 Å². The molecule has 0 saturated heterocycles. The lowest BCUT2D eigenvalue weighted by molar-refractivity contribution is 0.633. The van der Waals surface area contributed by atoms with Crippen LogP contribution in [0, 0.1) is 11.6 Å². The van der Waals surface area contributed by atoms with Gasteiger partial charge in [-0.05, 0) is 23.1 Å². The van der Waals surface area contributed by atoms with Crippen molar-refractivity contribution in [1.29, 1.82) is 0 Å². The molecule has 0 amide bonds. The van der Waals surface area contributed by atoms with Crippen LogP contribution >= 0.6 is 0 Å². The van der Waals surface area contributed by atoms with Gasteiger partial charge in [0, 0.05) is 0 Å². The van der Waals surface area contributed by atoms with Gasteiger partial charge in [-0.3, -0.25) is 0 Å². The van der Waals surface area contributed by atoms with Crippen LogP contribution in [-0.2, 0) is 0 Å². The van der Waals surface area contributed by atoms with Crippen LogP contribution in [0.4, 0.5) is 8.78 Å². The molecule has 2 aromatic carbocycles. The first kappa shape index (κ1) is 11.8. The minimum Gasteiger partial charge on any atom is -0.208 e. The Bertz CT molecular complexity index is 466. The van der Waals surface area contributed by atoms with Crippen molar-refractivity contribution in [2.24, 2.45) is 0 Å². The van der Waals surface area contributed by atoms with E-state index in [2.05, 4.69) is 0 Å². The van der Waals surface area contributed by atoms with E-state index in [0.29, 0.717) is 17.2 Å². The first-order chi connectivity index (χ1) is 8.24. The molecule has 0 radical (unpaired) electrons. The van der Waals surface area contributed by atoms with Crippen LogP contribution in [0.2, 0.25) is 6.32 Å². The molecule has 0 heterocycles. The molecular formula is C14H13BF2. The fourth-order valence-electron chi connectivity index (χ4n) is 2.12. The molecule has 0 aliphatic rings. The van der Waals surface area contributed by atoms with Gasteiger partial charge in [0.1, 0.15) is 11.6 Å². The van der Waals surface area contributed by atoms with Crippen LogP contribution in [0.3, 0.4) is 0 Å². The third kappa shape index (κ3) is 2.38. The van der Waals surface area contributed by atoms with Crippen molar-refractivity contribution in [3.8, 4) is 0 Å². The van der Waals surface area contributed by atoms with Crippen molar-refractivity contribution >= 4 is 17.6 Å². The first-order valence-electron chi connectivity index (χ1n) is 5.73. The maximum absolute atomic E-state index is 13.7. The minimum atomic E-state index is -0.275. The molecule has 0 N–H and O–H groups in total. The molecule has 0 aliphatic heterocycles. The molecule has 0 bridgehead atoms. The Labute approximate surface area is 100 Å². The zero-order valence-electron chi connectivity index (χ0n) is 9.66. The summed E-state index contributed by atoms with van der Waals surface area (Å²) >= 11 is 0. The molecule has 0 spiro atoms. The van der Waals surface area contributed by atoms with E-state index in [9.17, 15) is 8.78 Å². The molecule has 3 heteroatoms. The number of hydrogen-bond donors (Lipinski definition) is 0. The van der Waals surface area contributed by atoms with Gasteiger partial charge in [0.2, 0.25) is 6.71 Å². The maximum Gasteiger partial charge on any atom is 0.216 e. The van der Waals surface area contributed by atoms with Crippen LogP contribution < -0.4 is 10.9 Å². The second kappa shape index (κ2) is 5.13. The van der Waals surface area contributed by atoms with E-state index in [1.165, 1.54) is 12.1 Å². The highest BCUT2D eigenvalue weighted by Gasteiger charge is 2.22. The second-order valence-electron chi connectivity index (χ2n) is 4.00. The third-order valence-electron chi connectivity index (χ3n) is 2.97. The monoisotopic (exact) mass is 230 g/mol. The lowest BCUT2D eigenvalue weighted by Gasteiger charge is -2.13. The molecular weight excluding hydrogens is 217 g/mol. The van der Waals surface area contributed by atoms with E-state index in [1.807, 2.05) is 6.92 Å². The van der Waals surface area contributed by atoms with Gasteiger partial charge in [-0.1, -0.05) is 49.6 Å². The highest BCUT2D eigenvalue weighted by Crippen LogP contribution is 2.03. The zero-order valence-corrected chi connectivity index (χ0v) is 9.66. The smallest absolute Gasteiger partial charge is 0.208 e. The molecule has 0 unspecified atom stereocenters. The van der Waals surface area contributed by atoms with Gasteiger partial charge in [0.15, 0.2) is 0 Å². The lowest BCUT2D eigenvalue weighted by atomic mass is 9.39. The van der Waals surface area contributed by atoms with Gasteiger partial charge in [-0.2, -0.15) is 0 Å². The van der Waals surface area contributed by atoms with Crippen LogP contribution in [0.15, 0.2) is 48.5 Å². The molecule has 0 aromatic heterocycles. The standard InChI is InChI=1S/C14H13BF2/c1-2-15(11-7-3-5-9-13(11)16)12-8-4-6-10-14(12)17/h3-10H,2H2,1H3. The predicted octanol–water partition coefficient (Wildman–Crippen LogP) is 2.59. The lowest BCUT2D eigenvalue weighted by Crippen LogP contribution is -2.44. The summed E-state index contributed by atoms with van der Waals surface area (Å²) in [5.74, 6) is -0.551. The number of halogens is 2. The summed E-state index contributed by atoms with van der Waals surface area (Å²) in [6, 6.07) is 13.1. The quantitative estimate of drug-likeness (QED) is 0.711. The summed E-state index contributed by atoms with van der Waals surface area (Å²) in [6.07, 6.45) is 0.669. The Morgan fingerprint density at radius 1 is 0.824 bits per heavy atom. The Kier molecular flexibility index (Phi) is 3.57. The SMILES string of the molecule is CCB(c1ccccc1F)c1ccccc1F. The zero-order chi connectivity index (χ0) is 12.3. The fourth-order valence-corrected chi connectivity index (χ4v) is 2.12. The Morgan fingerprint density at radius 2 is 1.24 bits per heavy atom. The van der Waals surface area contributed by atoms with Crippen LogP contribution in [0.1, 0.15) is 6.92 Å². The fraction of sp³-hybridized carbons (Fsp3) is 0.143. The number of rotatable bonds is 3. The van der Waals surface area contributed by atoms with E-state index < -0.39 is 0 Å². The Hall–Kier alpha value is -1.64. The average Bonchev–Trinajstić information content (AvgIpc) is 2.34. The van der Waals surface area contributed by atoms with Crippen molar-refractivity contribution in [3.05, 3.63) is 60.2 Å². The van der Waals surface area contributed by atoms with Crippen LogP contribution in [0.25, 0.3) is 0 Å². The van der Waals surface area contributed by atoms with E-state index in [4.69, 9.17) is 0 Å². The van der Waals surface area contributed by atoms with Gasteiger partial charge in [0.05, 0.1) is 0 Å². The van der Waals surface area contributed by atoms with E-state index in [0.717, 1.165) is 0 Å². The van der Waals surface area contributed by atoms with Gasteiger partial charge in [0.25, 0.3) is 0 Å². The molecule has 0 fully saturated rings. The van der Waals surface area contributed by atoms with E-state index >= 15 is 0 Å². The Morgan fingerprint density at radius 3 is 1.59 bits per heavy atom. The number of benzene rings is 2. The van der Waals surface area contributed by atoms with Gasteiger partial charge < -0.3 is 0 Å². The molecule has 0 saturated carbocycles. The van der Waals surface area contributed by atoms with E-state index in [-0.39, 0.29) is 18.3 Å². The molecule has 0 nitrogen and oxygen atoms in total. The van der Waals surface area contributed by atoms with Crippen molar-refractivity contribution in [3.63, 3.8) is 0 Å². The highest BCUT2D eigenvalue weighted by molar-refractivity contribution is 6.85. The summed E-state index contributed by atoms with van der Waals surface area (Å²) in [5.41, 5.74) is 1.11. The molecule has 0 atom stereocenters. The predicted molar refractivity (Wildman–Crippen MR) is 68.3 cm³/mol. The number of hydrogen-bond acceptors (Lipinski definition) is 0. The van der Waals surface area contributed by atoms with Crippen molar-refractivity contribution in [1.82, 2.24) is 0 Å². The van der Waals surface area contributed by atoms with Gasteiger partial charge >= 0.3 is 0 Å². The molecule has 2 aromatic rings. The van der Waals surface area contributed by atoms with E-state index in [1.54, 1.807) is 36.4 Å². The molecule has 0 aliphatic carbocycles. The molecule has 86 valence electrons. The molecule has 2 rings (SSSR count). The first-order valence-corrected chi connectivity index (χ1v) is 5.73. The topological polar surface area (TPSA) is 0 Å². The highest BCUT2D eigenvalue weighted by atomic mass is 19.1. The summed E-state index contributed by atoms with van der Waals surface area (Å²) in [4.78, 5) is 0. The minimum absolute atomic E-state index is 0.225. The van der Waals surface area contributed by atoms with Gasteiger partial charge in [-0.25, -0.2) is 8.78 Å². The maximum atomic E-state index is 13.7. The largest absolute Gasteiger partial charge is 0.216 e. The van der Waals surface area contributed by atoms with Crippen molar-refractivity contribution in [2.75, 3.05) is 0 Å². The van der Waals surface area contributed by atoms with Gasteiger partial charge in [-0.15, -0.1) is 0 Å².